The van der Waals surface area contributed by atoms with Crippen LogP contribution in [0.3, 0.4) is 0 Å². The van der Waals surface area contributed by atoms with Gasteiger partial charge in [-0.2, -0.15) is 9.42 Å². The van der Waals surface area contributed by atoms with Gasteiger partial charge < -0.3 is 9.38 Å². The van der Waals surface area contributed by atoms with Gasteiger partial charge in [0.05, 0.1) is 26.7 Å². The van der Waals surface area contributed by atoms with Crippen LogP contribution in [0.1, 0.15) is 64.7 Å². The summed E-state index contributed by atoms with van der Waals surface area (Å²) in [5.74, 6) is 0.334. The summed E-state index contributed by atoms with van der Waals surface area (Å²) >= 11 is 0. The van der Waals surface area contributed by atoms with Gasteiger partial charge in [-0.25, -0.2) is 0 Å². The lowest BCUT2D eigenvalue weighted by atomic mass is 10.1. The number of rotatable bonds is 18. The van der Waals surface area contributed by atoms with Gasteiger partial charge >= 0.3 is 8.17 Å². The van der Waals surface area contributed by atoms with E-state index in [1.54, 1.807) is 24.3 Å². The van der Waals surface area contributed by atoms with Crippen LogP contribution in [-0.4, -0.2) is 42.7 Å². The third-order valence-corrected chi connectivity index (χ3v) is 6.13. The molecule has 2 atom stereocenters. The molecule has 5 nitrogen and oxygen atoms in total. The van der Waals surface area contributed by atoms with E-state index in [0.29, 0.717) is 12.2 Å². The number of likely N-dealkylation sites (N-methyl/N-ethyl adjacent to an activating group) is 1. The fourth-order valence-corrected chi connectivity index (χ4v) is 4.30. The first-order chi connectivity index (χ1) is 13.9. The Hall–Kier alpha value is -0.970. The molecule has 0 saturated carbocycles. The van der Waals surface area contributed by atoms with Crippen molar-refractivity contribution in [3.63, 3.8) is 0 Å². The van der Waals surface area contributed by atoms with Gasteiger partial charge in [-0.05, 0) is 31.1 Å². The van der Waals surface area contributed by atoms with Crippen LogP contribution in [0.25, 0.3) is 0 Å². The van der Waals surface area contributed by atoms with Crippen molar-refractivity contribution in [1.29, 1.82) is 0 Å². The third kappa shape index (κ3) is 13.0. The summed E-state index contributed by atoms with van der Waals surface area (Å²) in [6, 6.07) is 8.58. The third-order valence-electron chi connectivity index (χ3n) is 5.18. The number of benzene rings is 1. The van der Waals surface area contributed by atoms with Crippen LogP contribution in [0, 0.1) is 0 Å². The molecule has 1 aromatic carbocycles. The van der Waals surface area contributed by atoms with E-state index in [2.05, 4.69) is 20.6 Å². The molecule has 2 unspecified atom stereocenters. The molecule has 0 heterocycles. The van der Waals surface area contributed by atoms with Crippen LogP contribution in [0.15, 0.2) is 43.0 Å². The zero-order valence-corrected chi connectivity index (χ0v) is 19.3. The minimum atomic E-state index is -4.08. The Morgan fingerprint density at radius 3 is 2.21 bits per heavy atom. The first-order valence-electron chi connectivity index (χ1n) is 11.1. The topological polar surface area (TPSA) is 61.8 Å². The average Bonchev–Trinajstić information content (AvgIpc) is 2.68. The molecule has 1 aromatic rings. The number of unbranched alkanes of at least 4 members (excludes halogenated alkanes) is 7. The van der Waals surface area contributed by atoms with E-state index in [9.17, 15) is 9.79 Å². The minimum absolute atomic E-state index is 0.197. The number of hydrogen-bond donors (Lipinski definition) is 1. The largest absolute Gasteiger partial charge is 0.598 e. The van der Waals surface area contributed by atoms with Gasteiger partial charge in [0, 0.05) is 6.42 Å². The molecular weight excluding hydrogens is 385 g/mol. The molecule has 0 aliphatic carbocycles. The van der Waals surface area contributed by atoms with Crippen molar-refractivity contribution in [1.82, 2.24) is 0 Å². The molecular formula is C23H41NO4P+. The summed E-state index contributed by atoms with van der Waals surface area (Å²) in [5.41, 5.74) is 0. The fourth-order valence-electron chi connectivity index (χ4n) is 3.50. The van der Waals surface area contributed by atoms with Gasteiger partial charge in [0.15, 0.2) is 5.75 Å². The van der Waals surface area contributed by atoms with Crippen LogP contribution < -0.4 is 9.42 Å². The molecule has 29 heavy (non-hydrogen) atoms. The number of quaternary nitrogens is 1. The maximum atomic E-state index is 12.1. The van der Waals surface area contributed by atoms with E-state index in [1.807, 2.05) is 12.1 Å². The van der Waals surface area contributed by atoms with Gasteiger partial charge in [0.1, 0.15) is 6.61 Å². The van der Waals surface area contributed by atoms with Crippen molar-refractivity contribution in [2.45, 2.75) is 64.7 Å². The highest BCUT2D eigenvalue weighted by Gasteiger charge is 2.29. The quantitative estimate of drug-likeness (QED) is 0.150. The molecule has 0 fully saturated rings. The summed E-state index contributed by atoms with van der Waals surface area (Å²) in [6.45, 7) is 9.22. The summed E-state index contributed by atoms with van der Waals surface area (Å²) in [7, 11) is -1.86. The normalized spacial score (nSPS) is 15.4. The molecule has 0 bridgehead atoms. The van der Waals surface area contributed by atoms with Crippen molar-refractivity contribution in [3.8, 4) is 5.75 Å². The Bertz CT molecular complexity index is 541. The van der Waals surface area contributed by atoms with Gasteiger partial charge in [0.2, 0.25) is 0 Å². The Morgan fingerprint density at radius 1 is 1.00 bits per heavy atom. The fraction of sp³-hybridized carbons (Fsp3) is 0.652. The van der Waals surface area contributed by atoms with E-state index in [1.165, 1.54) is 51.4 Å². The van der Waals surface area contributed by atoms with E-state index in [-0.39, 0.29) is 6.61 Å². The van der Waals surface area contributed by atoms with Crippen molar-refractivity contribution in [2.24, 2.45) is 0 Å². The Kier molecular flexibility index (Phi) is 13.4. The van der Waals surface area contributed by atoms with E-state index in [0.717, 1.165) is 24.1 Å². The molecule has 0 saturated heterocycles. The van der Waals surface area contributed by atoms with Crippen LogP contribution in [0.5, 0.6) is 5.75 Å². The van der Waals surface area contributed by atoms with Crippen molar-refractivity contribution in [2.75, 3.05) is 33.3 Å². The van der Waals surface area contributed by atoms with E-state index in [4.69, 9.17) is 9.05 Å². The first kappa shape index (κ1) is 26.1. The Labute approximate surface area is 178 Å². The lowest BCUT2D eigenvalue weighted by Crippen LogP contribution is -2.46. The van der Waals surface area contributed by atoms with Gasteiger partial charge in [-0.1, -0.05) is 70.2 Å². The number of para-hydroxylation sites is 1. The smallest absolute Gasteiger partial charge is 0.426 e. The standard InChI is InChI=1S/C23H40NO4P/c1-4-6-7-8-9-10-11-15-20-24(3,19-5-2)21-16-22-27-29(25,26)28-23-17-13-12-14-18-23/h5,12-14,17-18H,2,4,6-11,15-16,19-22H2,1,3H3/p+1. The zero-order valence-electron chi connectivity index (χ0n) is 18.4. The lowest BCUT2D eigenvalue weighted by molar-refractivity contribution is -0.904. The van der Waals surface area contributed by atoms with Gasteiger partial charge in [-0.15, -0.1) is 0 Å². The molecule has 0 aromatic heterocycles. The Morgan fingerprint density at radius 2 is 1.59 bits per heavy atom. The molecule has 0 aliphatic rings. The van der Waals surface area contributed by atoms with Crippen LogP contribution >= 0.6 is 8.17 Å². The number of hydrogen-bond acceptors (Lipinski definition) is 4. The summed E-state index contributed by atoms with van der Waals surface area (Å²) in [5, 5.41) is 0. The molecule has 6 heteroatoms. The summed E-state index contributed by atoms with van der Waals surface area (Å²) < 4.78 is 11.1. The highest BCUT2D eigenvalue weighted by atomic mass is 31.2. The van der Waals surface area contributed by atoms with Crippen LogP contribution in [0.2, 0.25) is 0 Å². The zero-order chi connectivity index (χ0) is 21.4. The van der Waals surface area contributed by atoms with Gasteiger partial charge in [-0.3, -0.25) is 4.52 Å². The number of phosphoric ester groups is 1. The first-order valence-corrected chi connectivity index (χ1v) is 12.6. The lowest BCUT2D eigenvalue weighted by Gasteiger charge is -2.34. The number of phosphoric acid groups is 1. The predicted octanol–water partition coefficient (Wildman–Crippen LogP) is 5.28. The monoisotopic (exact) mass is 426 g/mol. The molecule has 0 radical (unpaired) electrons. The summed E-state index contributed by atoms with van der Waals surface area (Å²) in [4.78, 5) is 21.9. The average molecular weight is 427 g/mol. The maximum Gasteiger partial charge on any atom is 0.426 e. The molecule has 0 amide bonds. The molecule has 1 rings (SSSR count). The maximum absolute atomic E-state index is 12.1. The highest BCUT2D eigenvalue weighted by Crippen LogP contribution is 2.47. The Balaban J connectivity index is 2.25. The van der Waals surface area contributed by atoms with E-state index < -0.39 is 8.17 Å². The van der Waals surface area contributed by atoms with Crippen LogP contribution in [-0.2, 0) is 4.52 Å². The molecule has 166 valence electrons. The predicted molar refractivity (Wildman–Crippen MR) is 120 cm³/mol. The van der Waals surface area contributed by atoms with Crippen molar-refractivity contribution < 1.29 is 23.3 Å². The van der Waals surface area contributed by atoms with E-state index >= 15 is 0 Å². The second kappa shape index (κ2) is 14.9. The molecule has 0 spiro atoms. The second-order valence-corrected chi connectivity index (χ2v) is 9.45. The second-order valence-electron chi connectivity index (χ2n) is 8.07. The van der Waals surface area contributed by atoms with Crippen LogP contribution in [0.4, 0.5) is 0 Å². The molecule has 1 N–H and O–H groups in total. The number of nitrogens with zero attached hydrogens (tertiary/aromatic N) is 1. The van der Waals surface area contributed by atoms with Crippen molar-refractivity contribution in [3.05, 3.63) is 43.0 Å². The SMILES string of the molecule is C=CC[N+](C)(CCCCCCCCCC)CCCO[P+]([O-])(O)Oc1ccccc1. The van der Waals surface area contributed by atoms with Crippen molar-refractivity contribution >= 4 is 8.17 Å². The highest BCUT2D eigenvalue weighted by molar-refractivity contribution is 7.53. The summed E-state index contributed by atoms with van der Waals surface area (Å²) in [6.07, 6.45) is 13.2. The minimum Gasteiger partial charge on any atom is -0.598 e. The van der Waals surface area contributed by atoms with Gasteiger partial charge in [0.25, 0.3) is 0 Å². The molecule has 0 aliphatic heterocycles.